The Morgan fingerprint density at radius 1 is 0.886 bits per heavy atom. The molecule has 8 heteroatoms. The lowest BCUT2D eigenvalue weighted by molar-refractivity contribution is 0.0524. The largest absolute Gasteiger partial charge is 0.462 e. The Morgan fingerprint density at radius 2 is 1.55 bits per heavy atom. The third kappa shape index (κ3) is 6.23. The molecule has 1 saturated heterocycles. The monoisotopic (exact) mass is 612 g/mol. The first-order valence-corrected chi connectivity index (χ1v) is 15.8. The van der Waals surface area contributed by atoms with Gasteiger partial charge >= 0.3 is 5.97 Å². The summed E-state index contributed by atoms with van der Waals surface area (Å²) in [6.07, 6.45) is 4.52. The molecule has 44 heavy (non-hydrogen) atoms. The van der Waals surface area contributed by atoms with Crippen LogP contribution in [0.15, 0.2) is 89.9 Å². The maximum absolute atomic E-state index is 14.8. The molecule has 5 aromatic rings. The number of piperidine rings is 1. The van der Waals surface area contributed by atoms with Gasteiger partial charge in [-0.2, -0.15) is 0 Å². The van der Waals surface area contributed by atoms with E-state index in [0.717, 1.165) is 48.4 Å². The Morgan fingerprint density at radius 3 is 2.20 bits per heavy atom. The summed E-state index contributed by atoms with van der Waals surface area (Å²) in [6.45, 7) is 3.89. The fourth-order valence-electron chi connectivity index (χ4n) is 6.11. The third-order valence-corrected chi connectivity index (χ3v) is 9.70. The molecule has 0 atom stereocenters. The summed E-state index contributed by atoms with van der Waals surface area (Å²) in [5.74, 6) is -1.53. The van der Waals surface area contributed by atoms with Crippen LogP contribution >= 0.6 is 11.3 Å². The zero-order valence-electron chi connectivity index (χ0n) is 24.6. The van der Waals surface area contributed by atoms with Crippen molar-refractivity contribution in [2.24, 2.45) is 5.92 Å². The van der Waals surface area contributed by atoms with Crippen LogP contribution in [0.4, 0.5) is 8.78 Å². The predicted molar refractivity (Wildman–Crippen MR) is 171 cm³/mol. The van der Waals surface area contributed by atoms with Crippen molar-refractivity contribution < 1.29 is 18.3 Å². The number of esters is 1. The molecule has 0 bridgehead atoms. The molecule has 0 N–H and O–H groups in total. The fourth-order valence-corrected chi connectivity index (χ4v) is 7.40. The number of ether oxygens (including phenoxy) is 1. The number of fused-ring (bicyclic) bond motifs is 1. The average molecular weight is 613 g/mol. The number of carbonyl (C=O) groups excluding carboxylic acids is 1. The van der Waals surface area contributed by atoms with E-state index in [1.165, 1.54) is 41.3 Å². The quantitative estimate of drug-likeness (QED) is 0.160. The molecule has 2 aromatic heterocycles. The van der Waals surface area contributed by atoms with E-state index >= 15 is 0 Å². The van der Waals surface area contributed by atoms with Crippen molar-refractivity contribution >= 4 is 27.5 Å². The second-order valence-corrected chi connectivity index (χ2v) is 12.3. The van der Waals surface area contributed by atoms with Gasteiger partial charge < -0.3 is 9.30 Å². The molecule has 0 spiro atoms. The van der Waals surface area contributed by atoms with Crippen LogP contribution in [0.5, 0.6) is 0 Å². The third-order valence-electron chi connectivity index (χ3n) is 8.38. The van der Waals surface area contributed by atoms with Crippen LogP contribution in [0.1, 0.15) is 46.8 Å². The van der Waals surface area contributed by atoms with Crippen molar-refractivity contribution in [2.75, 3.05) is 19.7 Å². The highest BCUT2D eigenvalue weighted by atomic mass is 32.1. The van der Waals surface area contributed by atoms with E-state index in [9.17, 15) is 18.4 Å². The minimum absolute atomic E-state index is 0.0991. The molecular formula is C36H34F2N2O3S. The molecule has 0 radical (unpaired) electrons. The Bertz CT molecular complexity index is 1810. The van der Waals surface area contributed by atoms with Gasteiger partial charge in [-0.3, -0.25) is 9.69 Å². The highest BCUT2D eigenvalue weighted by Crippen LogP contribution is 2.39. The fraction of sp³-hybridized carbons (Fsp3) is 0.278. The summed E-state index contributed by atoms with van der Waals surface area (Å²) in [5, 5.41) is 0.405. The number of likely N-dealkylation sites (tertiary alicyclic amines) is 1. The van der Waals surface area contributed by atoms with Gasteiger partial charge in [0.15, 0.2) is 0 Å². The molecule has 0 aliphatic carbocycles. The molecule has 0 unspecified atom stereocenters. The first kappa shape index (κ1) is 29.9. The predicted octanol–water partition coefficient (Wildman–Crippen LogP) is 7.69. The Balaban J connectivity index is 1.43. The van der Waals surface area contributed by atoms with E-state index in [1.54, 1.807) is 11.5 Å². The van der Waals surface area contributed by atoms with Crippen molar-refractivity contribution in [1.82, 2.24) is 9.47 Å². The number of rotatable bonds is 9. The SMILES string of the molecule is CCOC(=O)c1cn(Cc2c(F)cccc2F)c2sc(-c3ccccc3)c(CN3CCC(Cc4ccccc4)CC3)c2c1=O. The van der Waals surface area contributed by atoms with E-state index in [2.05, 4.69) is 29.2 Å². The zero-order chi connectivity index (χ0) is 30.6. The molecule has 6 rings (SSSR count). The summed E-state index contributed by atoms with van der Waals surface area (Å²) in [6, 6.07) is 24.1. The first-order chi connectivity index (χ1) is 21.4. The molecule has 0 amide bonds. The molecule has 3 heterocycles. The van der Waals surface area contributed by atoms with E-state index in [1.807, 2.05) is 36.4 Å². The molecule has 226 valence electrons. The van der Waals surface area contributed by atoms with Crippen molar-refractivity contribution in [1.29, 1.82) is 0 Å². The number of nitrogens with zero attached hydrogens (tertiary/aromatic N) is 2. The van der Waals surface area contributed by atoms with Crippen LogP contribution in [0.3, 0.4) is 0 Å². The second kappa shape index (κ2) is 13.2. The van der Waals surface area contributed by atoms with Crippen molar-refractivity contribution in [3.05, 3.63) is 129 Å². The second-order valence-electron chi connectivity index (χ2n) is 11.3. The Hall–Kier alpha value is -4.14. The van der Waals surface area contributed by atoms with Gasteiger partial charge in [-0.15, -0.1) is 11.3 Å². The summed E-state index contributed by atoms with van der Waals surface area (Å²) in [4.78, 5) is 30.9. The Labute approximate surface area is 259 Å². The molecule has 1 aliphatic heterocycles. The van der Waals surface area contributed by atoms with Crippen LogP contribution in [0, 0.1) is 17.6 Å². The van der Waals surface area contributed by atoms with E-state index in [-0.39, 0.29) is 24.3 Å². The van der Waals surface area contributed by atoms with E-state index in [0.29, 0.717) is 22.7 Å². The van der Waals surface area contributed by atoms with Gasteiger partial charge in [-0.05, 0) is 74.0 Å². The number of benzene rings is 3. The summed E-state index contributed by atoms with van der Waals surface area (Å²) in [7, 11) is 0. The lowest BCUT2D eigenvalue weighted by atomic mass is 9.90. The number of hydrogen-bond acceptors (Lipinski definition) is 5. The molecule has 1 fully saturated rings. The minimum atomic E-state index is -0.748. The molecule has 3 aromatic carbocycles. The lowest BCUT2D eigenvalue weighted by Gasteiger charge is -2.32. The van der Waals surface area contributed by atoms with Crippen LogP contribution in [-0.2, 0) is 24.2 Å². The smallest absolute Gasteiger partial charge is 0.343 e. The average Bonchev–Trinajstić information content (AvgIpc) is 3.42. The zero-order valence-corrected chi connectivity index (χ0v) is 25.4. The number of aromatic nitrogens is 1. The van der Waals surface area contributed by atoms with Crippen molar-refractivity contribution in [3.63, 3.8) is 0 Å². The maximum atomic E-state index is 14.8. The first-order valence-electron chi connectivity index (χ1n) is 15.0. The highest BCUT2D eigenvalue weighted by Gasteiger charge is 2.27. The summed E-state index contributed by atoms with van der Waals surface area (Å²) in [5.41, 5.74) is 2.43. The van der Waals surface area contributed by atoms with Gasteiger partial charge in [0.05, 0.1) is 18.5 Å². The molecular weight excluding hydrogens is 578 g/mol. The normalized spacial score (nSPS) is 14.2. The number of halogens is 2. The molecule has 0 saturated carbocycles. The summed E-state index contributed by atoms with van der Waals surface area (Å²) < 4.78 is 36.5. The minimum Gasteiger partial charge on any atom is -0.462 e. The molecule has 5 nitrogen and oxygen atoms in total. The van der Waals surface area contributed by atoms with Gasteiger partial charge in [-0.1, -0.05) is 66.7 Å². The summed E-state index contributed by atoms with van der Waals surface area (Å²) >= 11 is 1.41. The highest BCUT2D eigenvalue weighted by molar-refractivity contribution is 7.22. The van der Waals surface area contributed by atoms with E-state index < -0.39 is 23.0 Å². The number of carbonyl (C=O) groups is 1. The number of hydrogen-bond donors (Lipinski definition) is 0. The van der Waals surface area contributed by atoms with Gasteiger partial charge in [0.1, 0.15) is 22.0 Å². The number of pyridine rings is 1. The van der Waals surface area contributed by atoms with Crippen LogP contribution in [0.2, 0.25) is 0 Å². The number of thiophene rings is 1. The van der Waals surface area contributed by atoms with Gasteiger partial charge in [0, 0.05) is 23.2 Å². The van der Waals surface area contributed by atoms with Gasteiger partial charge in [0.25, 0.3) is 0 Å². The Kier molecular flexibility index (Phi) is 9.00. The van der Waals surface area contributed by atoms with E-state index in [4.69, 9.17) is 4.74 Å². The molecule has 1 aliphatic rings. The lowest BCUT2D eigenvalue weighted by Crippen LogP contribution is -2.34. The van der Waals surface area contributed by atoms with Crippen LogP contribution < -0.4 is 5.43 Å². The maximum Gasteiger partial charge on any atom is 0.343 e. The van der Waals surface area contributed by atoms with Crippen molar-refractivity contribution in [2.45, 2.75) is 39.3 Å². The standard InChI is InChI=1S/C36H34F2N2O3S/c1-2-43-36(42)29-23-40(22-27-30(37)14-9-15-31(27)38)35-32(33(29)41)28(34(44-35)26-12-7-4-8-13-26)21-39-18-16-25(17-19-39)20-24-10-5-3-6-11-24/h3-15,23,25H,2,16-22H2,1H3. The van der Waals surface area contributed by atoms with Crippen molar-refractivity contribution in [3.8, 4) is 10.4 Å². The topological polar surface area (TPSA) is 51.5 Å². The van der Waals surface area contributed by atoms with Gasteiger partial charge in [0.2, 0.25) is 5.43 Å². The van der Waals surface area contributed by atoms with Crippen LogP contribution in [0.25, 0.3) is 20.7 Å². The van der Waals surface area contributed by atoms with Gasteiger partial charge in [-0.25, -0.2) is 13.6 Å². The van der Waals surface area contributed by atoms with Crippen LogP contribution in [-0.4, -0.2) is 35.1 Å².